The average Bonchev–Trinajstić information content (AvgIpc) is 2.69. The maximum absolute atomic E-state index is 13.0. The van der Waals surface area contributed by atoms with Crippen LogP contribution in [0.1, 0.15) is 38.2 Å². The van der Waals surface area contributed by atoms with Crippen molar-refractivity contribution in [2.24, 2.45) is 0 Å². The first-order valence-corrected chi connectivity index (χ1v) is 10.8. The van der Waals surface area contributed by atoms with E-state index >= 15 is 0 Å². The van der Waals surface area contributed by atoms with Crippen LogP contribution in [0.25, 0.3) is 17.2 Å². The molecule has 0 atom stereocenters. The molecule has 0 aliphatic heterocycles. The van der Waals surface area contributed by atoms with Crippen LogP contribution in [-0.4, -0.2) is 17.1 Å². The van der Waals surface area contributed by atoms with Gasteiger partial charge in [0.25, 0.3) is 0 Å². The minimum absolute atomic E-state index is 0.0340. The summed E-state index contributed by atoms with van der Waals surface area (Å²) in [4.78, 5) is 14.3. The number of carbonyl (C=O) groups excluding carboxylic acids is 1. The summed E-state index contributed by atoms with van der Waals surface area (Å²) in [5, 5.41) is 9.94. The van der Waals surface area contributed by atoms with E-state index in [2.05, 4.69) is 32.2 Å². The van der Waals surface area contributed by atoms with E-state index in [1.54, 1.807) is 17.8 Å². The number of carbonyl (C=O) groups is 1. The lowest BCUT2D eigenvalue weighted by Gasteiger charge is -2.13. The zero-order valence-electron chi connectivity index (χ0n) is 17.5. The van der Waals surface area contributed by atoms with Gasteiger partial charge in [0, 0.05) is 10.5 Å². The van der Waals surface area contributed by atoms with Gasteiger partial charge in [-0.25, -0.2) is 0 Å². The standard InChI is InChI=1S/C26H26O2S/c1-16-12-20(13-17(2)25(16)28)10-11-24(27)23-9-7-6-8-22(23)21-14-18(3)26(29-5)19(4)15-21/h6-15,28H,1-5H3/b11-10+. The Morgan fingerprint density at radius 3 is 2.07 bits per heavy atom. The molecule has 29 heavy (non-hydrogen) atoms. The lowest BCUT2D eigenvalue weighted by Crippen LogP contribution is -1.99. The summed E-state index contributed by atoms with van der Waals surface area (Å²) >= 11 is 1.75. The Labute approximate surface area is 177 Å². The lowest BCUT2D eigenvalue weighted by molar-refractivity contribution is 0.104. The molecule has 3 heteroatoms. The van der Waals surface area contributed by atoms with E-state index in [4.69, 9.17) is 0 Å². The van der Waals surface area contributed by atoms with Crippen LogP contribution < -0.4 is 0 Å². The molecule has 0 spiro atoms. The number of aromatic hydroxyl groups is 1. The first-order chi connectivity index (χ1) is 13.8. The van der Waals surface area contributed by atoms with Gasteiger partial charge in [0.05, 0.1) is 0 Å². The number of aryl methyl sites for hydroxylation is 4. The maximum atomic E-state index is 13.0. The number of thioether (sulfide) groups is 1. The second kappa shape index (κ2) is 8.71. The van der Waals surface area contributed by atoms with Crippen molar-refractivity contribution in [2.75, 3.05) is 6.26 Å². The van der Waals surface area contributed by atoms with Crippen molar-refractivity contribution in [1.82, 2.24) is 0 Å². The van der Waals surface area contributed by atoms with Gasteiger partial charge in [-0.1, -0.05) is 42.5 Å². The van der Waals surface area contributed by atoms with Crippen LogP contribution in [0.3, 0.4) is 0 Å². The summed E-state index contributed by atoms with van der Waals surface area (Å²) in [6.07, 6.45) is 5.51. The Morgan fingerprint density at radius 2 is 1.48 bits per heavy atom. The van der Waals surface area contributed by atoms with Crippen molar-refractivity contribution in [3.8, 4) is 16.9 Å². The van der Waals surface area contributed by atoms with Crippen LogP contribution in [0, 0.1) is 27.7 Å². The third-order valence-corrected chi connectivity index (χ3v) is 6.16. The smallest absolute Gasteiger partial charge is 0.186 e. The Hall–Kier alpha value is -2.78. The molecule has 0 bridgehead atoms. The zero-order chi connectivity index (χ0) is 21.1. The van der Waals surface area contributed by atoms with Gasteiger partial charge in [0.2, 0.25) is 0 Å². The summed E-state index contributed by atoms with van der Waals surface area (Å²) in [7, 11) is 0. The molecule has 0 aromatic heterocycles. The fourth-order valence-corrected chi connectivity index (χ4v) is 4.49. The van der Waals surface area contributed by atoms with Crippen LogP contribution in [0.5, 0.6) is 5.75 Å². The summed E-state index contributed by atoms with van der Waals surface area (Å²) < 4.78 is 0. The van der Waals surface area contributed by atoms with E-state index in [1.165, 1.54) is 16.0 Å². The molecule has 0 amide bonds. The summed E-state index contributed by atoms with van der Waals surface area (Å²) in [5.74, 6) is 0.270. The molecule has 3 rings (SSSR count). The summed E-state index contributed by atoms with van der Waals surface area (Å²) in [6.45, 7) is 7.95. The van der Waals surface area contributed by atoms with Crippen molar-refractivity contribution < 1.29 is 9.90 Å². The van der Waals surface area contributed by atoms with Gasteiger partial charge in [-0.3, -0.25) is 4.79 Å². The maximum Gasteiger partial charge on any atom is 0.186 e. The van der Waals surface area contributed by atoms with Crippen molar-refractivity contribution in [1.29, 1.82) is 0 Å². The molecule has 0 radical (unpaired) electrons. The van der Waals surface area contributed by atoms with Gasteiger partial charge >= 0.3 is 0 Å². The van der Waals surface area contributed by atoms with E-state index < -0.39 is 0 Å². The largest absolute Gasteiger partial charge is 0.507 e. The highest BCUT2D eigenvalue weighted by Crippen LogP contribution is 2.32. The first-order valence-electron chi connectivity index (χ1n) is 9.59. The van der Waals surface area contributed by atoms with Crippen molar-refractivity contribution in [3.63, 3.8) is 0 Å². The van der Waals surface area contributed by atoms with Gasteiger partial charge in [0.15, 0.2) is 5.78 Å². The quantitative estimate of drug-likeness (QED) is 0.286. The fraction of sp³-hybridized carbons (Fsp3) is 0.192. The van der Waals surface area contributed by atoms with E-state index in [9.17, 15) is 9.90 Å². The number of ketones is 1. The van der Waals surface area contributed by atoms with E-state index in [1.807, 2.05) is 56.3 Å². The second-order valence-electron chi connectivity index (χ2n) is 7.39. The number of benzene rings is 3. The number of phenolic OH excluding ortho intramolecular Hbond substituents is 1. The molecular weight excluding hydrogens is 376 g/mol. The Morgan fingerprint density at radius 1 is 0.897 bits per heavy atom. The van der Waals surface area contributed by atoms with E-state index in [-0.39, 0.29) is 5.78 Å². The number of hydrogen-bond acceptors (Lipinski definition) is 3. The highest BCUT2D eigenvalue weighted by atomic mass is 32.2. The fourth-order valence-electron chi connectivity index (χ4n) is 3.72. The molecule has 0 fully saturated rings. The van der Waals surface area contributed by atoms with Crippen molar-refractivity contribution in [3.05, 3.63) is 88.0 Å². The topological polar surface area (TPSA) is 37.3 Å². The molecule has 0 saturated heterocycles. The normalized spacial score (nSPS) is 11.2. The Balaban J connectivity index is 1.98. The highest BCUT2D eigenvalue weighted by Gasteiger charge is 2.13. The van der Waals surface area contributed by atoms with Gasteiger partial charge in [-0.05, 0) is 91.1 Å². The van der Waals surface area contributed by atoms with Crippen LogP contribution >= 0.6 is 11.8 Å². The third-order valence-electron chi connectivity index (χ3n) is 5.11. The SMILES string of the molecule is CSc1c(C)cc(-c2ccccc2C(=O)/C=C/c2cc(C)c(O)c(C)c2)cc1C. The Bertz CT molecular complexity index is 1060. The minimum atomic E-state index is -0.0340. The predicted octanol–water partition coefficient (Wildman–Crippen LogP) is 6.91. The number of hydrogen-bond donors (Lipinski definition) is 1. The van der Waals surface area contributed by atoms with Crippen molar-refractivity contribution in [2.45, 2.75) is 32.6 Å². The van der Waals surface area contributed by atoms with Crippen LogP contribution in [0.15, 0.2) is 59.5 Å². The Kier molecular flexibility index (Phi) is 6.29. The monoisotopic (exact) mass is 402 g/mol. The van der Waals surface area contributed by atoms with Crippen molar-refractivity contribution >= 4 is 23.6 Å². The van der Waals surface area contributed by atoms with E-state index in [0.717, 1.165) is 27.8 Å². The van der Waals surface area contributed by atoms with Crippen LogP contribution in [-0.2, 0) is 0 Å². The molecule has 0 aliphatic carbocycles. The number of allylic oxidation sites excluding steroid dienone is 1. The molecule has 2 nitrogen and oxygen atoms in total. The number of phenols is 1. The van der Waals surface area contributed by atoms with Gasteiger partial charge in [-0.2, -0.15) is 0 Å². The zero-order valence-corrected chi connectivity index (χ0v) is 18.4. The molecule has 3 aromatic carbocycles. The summed E-state index contributed by atoms with van der Waals surface area (Å²) in [6, 6.07) is 15.8. The molecule has 3 aromatic rings. The molecule has 0 heterocycles. The molecule has 0 unspecified atom stereocenters. The third kappa shape index (κ3) is 4.46. The highest BCUT2D eigenvalue weighted by molar-refractivity contribution is 7.98. The molecule has 148 valence electrons. The van der Waals surface area contributed by atoms with E-state index in [0.29, 0.717) is 11.3 Å². The molecule has 1 N–H and O–H groups in total. The molecule has 0 saturated carbocycles. The first kappa shape index (κ1) is 20.9. The molecular formula is C26H26O2S. The minimum Gasteiger partial charge on any atom is -0.507 e. The summed E-state index contributed by atoms with van der Waals surface area (Å²) in [5.41, 5.74) is 7.65. The van der Waals surface area contributed by atoms with Gasteiger partial charge in [0.1, 0.15) is 5.75 Å². The molecule has 0 aliphatic rings. The average molecular weight is 403 g/mol. The lowest BCUT2D eigenvalue weighted by atomic mass is 9.94. The number of rotatable bonds is 5. The van der Waals surface area contributed by atoms with Crippen LogP contribution in [0.2, 0.25) is 0 Å². The van der Waals surface area contributed by atoms with Crippen LogP contribution in [0.4, 0.5) is 0 Å². The predicted molar refractivity (Wildman–Crippen MR) is 124 cm³/mol. The van der Waals surface area contributed by atoms with Gasteiger partial charge < -0.3 is 5.11 Å². The second-order valence-corrected chi connectivity index (χ2v) is 8.21. The van der Waals surface area contributed by atoms with Gasteiger partial charge in [-0.15, -0.1) is 11.8 Å².